The molecule has 5 heteroatoms. The number of amides is 1. The molecule has 0 aromatic heterocycles. The maximum Gasteiger partial charge on any atom is 0.234 e. The Hall–Kier alpha value is -1.46. The van der Waals surface area contributed by atoms with Crippen molar-refractivity contribution in [1.29, 1.82) is 0 Å². The lowest BCUT2D eigenvalue weighted by Gasteiger charge is -2.36. The Kier molecular flexibility index (Phi) is 6.34. The Bertz CT molecular complexity index is 477. The van der Waals surface area contributed by atoms with E-state index < -0.39 is 0 Å². The van der Waals surface area contributed by atoms with Gasteiger partial charge in [0, 0.05) is 13.1 Å². The van der Waals surface area contributed by atoms with Crippen molar-refractivity contribution < 1.29 is 9.18 Å². The van der Waals surface area contributed by atoms with Crippen LogP contribution < -0.4 is 11.1 Å². The van der Waals surface area contributed by atoms with E-state index >= 15 is 0 Å². The lowest BCUT2D eigenvalue weighted by Crippen LogP contribution is -2.46. The number of nitrogens with two attached hydrogens (primary N) is 1. The van der Waals surface area contributed by atoms with Crippen LogP contribution in [0.5, 0.6) is 0 Å². The first-order chi connectivity index (χ1) is 10.6. The fourth-order valence-corrected chi connectivity index (χ4v) is 2.93. The molecular formula is C17H26FN3O. The Morgan fingerprint density at radius 3 is 2.82 bits per heavy atom. The largest absolute Gasteiger partial charge is 0.355 e. The van der Waals surface area contributed by atoms with Crippen LogP contribution in [-0.4, -0.2) is 43.5 Å². The van der Waals surface area contributed by atoms with E-state index in [2.05, 4.69) is 17.1 Å². The minimum absolute atomic E-state index is 0.0486. The normalized spacial score (nSPS) is 22.5. The quantitative estimate of drug-likeness (QED) is 0.835. The summed E-state index contributed by atoms with van der Waals surface area (Å²) in [4.78, 5) is 14.2. The summed E-state index contributed by atoms with van der Waals surface area (Å²) in [6.07, 6.45) is 1.82. The first-order valence-corrected chi connectivity index (χ1v) is 8.02. The zero-order chi connectivity index (χ0) is 15.9. The van der Waals surface area contributed by atoms with E-state index in [1.807, 2.05) is 0 Å². The highest BCUT2D eigenvalue weighted by Crippen LogP contribution is 2.21. The number of hydrogen-bond donors (Lipinski definition) is 2. The molecule has 2 unspecified atom stereocenters. The molecule has 1 saturated heterocycles. The van der Waals surface area contributed by atoms with Crippen LogP contribution >= 0.6 is 0 Å². The maximum absolute atomic E-state index is 12.8. The zero-order valence-electron chi connectivity index (χ0n) is 13.2. The third-order valence-corrected chi connectivity index (χ3v) is 4.52. The van der Waals surface area contributed by atoms with Crippen LogP contribution in [0.25, 0.3) is 0 Å². The molecule has 0 spiro atoms. The van der Waals surface area contributed by atoms with Gasteiger partial charge in [0.2, 0.25) is 5.91 Å². The van der Waals surface area contributed by atoms with E-state index in [0.29, 0.717) is 37.9 Å². The summed E-state index contributed by atoms with van der Waals surface area (Å²) in [5, 5.41) is 2.93. The van der Waals surface area contributed by atoms with Crippen LogP contribution in [0.2, 0.25) is 0 Å². The summed E-state index contributed by atoms with van der Waals surface area (Å²) in [5.41, 5.74) is 6.81. The zero-order valence-corrected chi connectivity index (χ0v) is 13.2. The van der Waals surface area contributed by atoms with Crippen molar-refractivity contribution in [2.45, 2.75) is 19.8 Å². The second-order valence-electron chi connectivity index (χ2n) is 6.22. The predicted molar refractivity (Wildman–Crippen MR) is 85.9 cm³/mol. The van der Waals surface area contributed by atoms with E-state index in [1.165, 1.54) is 12.1 Å². The van der Waals surface area contributed by atoms with Gasteiger partial charge in [-0.15, -0.1) is 0 Å². The molecule has 122 valence electrons. The molecular weight excluding hydrogens is 281 g/mol. The fraction of sp³-hybridized carbons (Fsp3) is 0.588. The standard InChI is InChI=1S/C17H26FN3O/c1-13-7-9-21(11-15(13)10-19)12-17(22)20-8-6-14-2-4-16(18)5-3-14/h2-5,13,15H,6-12,19H2,1H3,(H,20,22). The molecule has 2 atom stereocenters. The average molecular weight is 307 g/mol. The minimum Gasteiger partial charge on any atom is -0.355 e. The summed E-state index contributed by atoms with van der Waals surface area (Å²) in [5.74, 6) is 0.942. The van der Waals surface area contributed by atoms with Gasteiger partial charge in [0.15, 0.2) is 0 Å². The Labute approximate surface area is 131 Å². The van der Waals surface area contributed by atoms with Gasteiger partial charge >= 0.3 is 0 Å². The molecule has 1 heterocycles. The Morgan fingerprint density at radius 1 is 1.41 bits per heavy atom. The number of piperidine rings is 1. The molecule has 0 radical (unpaired) electrons. The minimum atomic E-state index is -0.235. The lowest BCUT2D eigenvalue weighted by atomic mass is 9.87. The van der Waals surface area contributed by atoms with E-state index in [0.717, 1.165) is 25.1 Å². The molecule has 22 heavy (non-hydrogen) atoms. The highest BCUT2D eigenvalue weighted by molar-refractivity contribution is 5.78. The third-order valence-electron chi connectivity index (χ3n) is 4.52. The molecule has 0 bridgehead atoms. The highest BCUT2D eigenvalue weighted by atomic mass is 19.1. The van der Waals surface area contributed by atoms with E-state index in [4.69, 9.17) is 5.73 Å². The number of hydrogen-bond acceptors (Lipinski definition) is 3. The summed E-state index contributed by atoms with van der Waals surface area (Å²) in [7, 11) is 0. The molecule has 1 aromatic rings. The van der Waals surface area contributed by atoms with Crippen molar-refractivity contribution in [3.05, 3.63) is 35.6 Å². The van der Waals surface area contributed by atoms with Gasteiger partial charge in [-0.2, -0.15) is 0 Å². The number of nitrogens with one attached hydrogen (secondary N) is 1. The van der Waals surface area contributed by atoms with Crippen molar-refractivity contribution in [2.75, 3.05) is 32.7 Å². The number of halogens is 1. The van der Waals surface area contributed by atoms with Gasteiger partial charge in [0.1, 0.15) is 5.82 Å². The molecule has 1 aromatic carbocycles. The van der Waals surface area contributed by atoms with Crippen LogP contribution in [0.4, 0.5) is 4.39 Å². The van der Waals surface area contributed by atoms with Crippen molar-refractivity contribution in [2.24, 2.45) is 17.6 Å². The lowest BCUT2D eigenvalue weighted by molar-refractivity contribution is -0.122. The van der Waals surface area contributed by atoms with Crippen LogP contribution in [0.3, 0.4) is 0 Å². The Morgan fingerprint density at radius 2 is 2.14 bits per heavy atom. The first-order valence-electron chi connectivity index (χ1n) is 8.02. The molecule has 1 aliphatic heterocycles. The molecule has 4 nitrogen and oxygen atoms in total. The average Bonchev–Trinajstić information content (AvgIpc) is 2.51. The summed E-state index contributed by atoms with van der Waals surface area (Å²) >= 11 is 0. The number of carbonyl (C=O) groups is 1. The molecule has 0 aliphatic carbocycles. The third kappa shape index (κ3) is 5.07. The summed E-state index contributed by atoms with van der Waals surface area (Å²) in [6, 6.07) is 6.39. The number of likely N-dealkylation sites (tertiary alicyclic amines) is 1. The van der Waals surface area contributed by atoms with Crippen molar-refractivity contribution in [3.63, 3.8) is 0 Å². The maximum atomic E-state index is 12.8. The monoisotopic (exact) mass is 307 g/mol. The van der Waals surface area contributed by atoms with Crippen molar-refractivity contribution in [3.8, 4) is 0 Å². The molecule has 1 aliphatic rings. The van der Waals surface area contributed by atoms with Crippen molar-refractivity contribution >= 4 is 5.91 Å². The van der Waals surface area contributed by atoms with Crippen LogP contribution in [0.1, 0.15) is 18.9 Å². The highest BCUT2D eigenvalue weighted by Gasteiger charge is 2.25. The van der Waals surface area contributed by atoms with Gasteiger partial charge < -0.3 is 11.1 Å². The number of rotatable bonds is 6. The van der Waals surface area contributed by atoms with Crippen LogP contribution in [0, 0.1) is 17.7 Å². The number of benzene rings is 1. The summed E-state index contributed by atoms with van der Waals surface area (Å²) < 4.78 is 12.8. The molecule has 2 rings (SSSR count). The second kappa shape index (κ2) is 8.25. The topological polar surface area (TPSA) is 58.4 Å². The second-order valence-corrected chi connectivity index (χ2v) is 6.22. The molecule has 0 saturated carbocycles. The SMILES string of the molecule is CC1CCN(CC(=O)NCCc2ccc(F)cc2)CC1CN. The van der Waals surface area contributed by atoms with Crippen molar-refractivity contribution in [1.82, 2.24) is 10.2 Å². The molecule has 1 amide bonds. The van der Waals surface area contributed by atoms with Crippen LogP contribution in [0.15, 0.2) is 24.3 Å². The number of nitrogens with zero attached hydrogens (tertiary/aromatic N) is 1. The van der Waals surface area contributed by atoms with Gasteiger partial charge in [-0.25, -0.2) is 4.39 Å². The fourth-order valence-electron chi connectivity index (χ4n) is 2.93. The van der Waals surface area contributed by atoms with Gasteiger partial charge in [0.25, 0.3) is 0 Å². The van der Waals surface area contributed by atoms with Gasteiger partial charge in [0.05, 0.1) is 6.54 Å². The van der Waals surface area contributed by atoms with Gasteiger partial charge in [-0.3, -0.25) is 9.69 Å². The van der Waals surface area contributed by atoms with Gasteiger partial charge in [-0.1, -0.05) is 19.1 Å². The smallest absolute Gasteiger partial charge is 0.234 e. The first kappa shape index (κ1) is 16.9. The Balaban J connectivity index is 1.68. The van der Waals surface area contributed by atoms with Crippen LogP contribution in [-0.2, 0) is 11.2 Å². The number of carbonyl (C=O) groups excluding carboxylic acids is 1. The van der Waals surface area contributed by atoms with E-state index in [9.17, 15) is 9.18 Å². The molecule has 1 fully saturated rings. The molecule has 3 N–H and O–H groups in total. The summed E-state index contributed by atoms with van der Waals surface area (Å²) in [6.45, 7) is 5.80. The van der Waals surface area contributed by atoms with Gasteiger partial charge in [-0.05, 0) is 55.5 Å². The van der Waals surface area contributed by atoms with E-state index in [1.54, 1.807) is 12.1 Å². The van der Waals surface area contributed by atoms with E-state index in [-0.39, 0.29) is 11.7 Å². The predicted octanol–water partition coefficient (Wildman–Crippen LogP) is 1.40.